The Morgan fingerprint density at radius 1 is 1.38 bits per heavy atom. The fraction of sp³-hybridized carbons (Fsp3) is 0.375. The van der Waals surface area contributed by atoms with Gasteiger partial charge in [-0.15, -0.1) is 0 Å². The van der Waals surface area contributed by atoms with Gasteiger partial charge in [-0.1, -0.05) is 18.2 Å². The van der Waals surface area contributed by atoms with Crippen molar-refractivity contribution in [2.24, 2.45) is 11.7 Å². The lowest BCUT2D eigenvalue weighted by atomic mass is 10.1. The van der Waals surface area contributed by atoms with Gasteiger partial charge in [-0.05, 0) is 30.9 Å². The highest BCUT2D eigenvalue weighted by molar-refractivity contribution is 5.76. The highest BCUT2D eigenvalue weighted by Crippen LogP contribution is 2.32. The molecule has 1 aliphatic rings. The van der Waals surface area contributed by atoms with Crippen LogP contribution in [-0.4, -0.2) is 21.7 Å². The summed E-state index contributed by atoms with van der Waals surface area (Å²) in [4.78, 5) is 11.8. The monoisotopic (exact) mass is 284 g/mol. The van der Waals surface area contributed by atoms with Crippen LogP contribution in [0.5, 0.6) is 0 Å². The highest BCUT2D eigenvalue weighted by Gasteiger charge is 2.29. The van der Waals surface area contributed by atoms with Gasteiger partial charge in [-0.3, -0.25) is 4.79 Å². The molecule has 110 valence electrons. The first-order valence-corrected chi connectivity index (χ1v) is 7.33. The number of nitrogens with two attached hydrogens (primary N) is 1. The molecule has 3 N–H and O–H groups in total. The van der Waals surface area contributed by atoms with Crippen molar-refractivity contribution in [1.82, 2.24) is 15.1 Å². The second-order valence-corrected chi connectivity index (χ2v) is 5.61. The van der Waals surface area contributed by atoms with Gasteiger partial charge in [0, 0.05) is 30.8 Å². The molecule has 5 heteroatoms. The topological polar surface area (TPSA) is 72.9 Å². The third-order valence-corrected chi connectivity index (χ3v) is 3.80. The van der Waals surface area contributed by atoms with E-state index >= 15 is 0 Å². The molecule has 0 bridgehead atoms. The third-order valence-electron chi connectivity index (χ3n) is 3.80. The van der Waals surface area contributed by atoms with Crippen LogP contribution in [0, 0.1) is 5.92 Å². The first-order chi connectivity index (χ1) is 10.2. The average molecular weight is 284 g/mol. The number of carbonyl (C=O) groups is 1. The number of para-hydroxylation sites is 1. The molecular formula is C16H20N4O. The number of carbonyl (C=O) groups excluding carboxylic acids is 1. The van der Waals surface area contributed by atoms with E-state index in [1.165, 1.54) is 0 Å². The molecule has 21 heavy (non-hydrogen) atoms. The summed E-state index contributed by atoms with van der Waals surface area (Å²) < 4.78 is 1.80. The Morgan fingerprint density at radius 3 is 2.86 bits per heavy atom. The number of hydrogen-bond acceptors (Lipinski definition) is 3. The molecule has 1 aromatic heterocycles. The molecule has 1 unspecified atom stereocenters. The number of nitrogens with zero attached hydrogens (tertiary/aromatic N) is 2. The van der Waals surface area contributed by atoms with Crippen molar-refractivity contribution in [1.29, 1.82) is 0 Å². The lowest BCUT2D eigenvalue weighted by Crippen LogP contribution is -2.32. The number of amides is 1. The van der Waals surface area contributed by atoms with Crippen LogP contribution in [0.2, 0.25) is 0 Å². The summed E-state index contributed by atoms with van der Waals surface area (Å²) >= 11 is 0. The van der Waals surface area contributed by atoms with Crippen LogP contribution >= 0.6 is 0 Å². The Bertz CT molecular complexity index is 604. The quantitative estimate of drug-likeness (QED) is 0.846. The average Bonchev–Trinajstić information content (AvgIpc) is 3.25. The first-order valence-electron chi connectivity index (χ1n) is 7.33. The van der Waals surface area contributed by atoms with Crippen molar-refractivity contribution in [2.45, 2.75) is 31.8 Å². The zero-order chi connectivity index (χ0) is 14.7. The van der Waals surface area contributed by atoms with E-state index in [0.29, 0.717) is 18.9 Å². The number of benzene rings is 1. The number of hydrogen-bond donors (Lipinski definition) is 2. The molecule has 0 radical (unpaired) electrons. The summed E-state index contributed by atoms with van der Waals surface area (Å²) in [6, 6.07) is 9.90. The van der Waals surface area contributed by atoms with Crippen molar-refractivity contribution >= 4 is 5.91 Å². The summed E-state index contributed by atoms with van der Waals surface area (Å²) in [7, 11) is 0. The molecule has 1 saturated carbocycles. The lowest BCUT2D eigenvalue weighted by Gasteiger charge is -2.09. The summed E-state index contributed by atoms with van der Waals surface area (Å²) in [6.45, 7) is 0.489. The Hall–Kier alpha value is -2.14. The van der Waals surface area contributed by atoms with Gasteiger partial charge in [0.1, 0.15) is 0 Å². The summed E-state index contributed by atoms with van der Waals surface area (Å²) in [5.74, 6) is 0.568. The van der Waals surface area contributed by atoms with E-state index in [9.17, 15) is 4.79 Å². The van der Waals surface area contributed by atoms with Crippen molar-refractivity contribution in [3.63, 3.8) is 0 Å². The zero-order valence-electron chi connectivity index (χ0n) is 11.9. The van der Waals surface area contributed by atoms with Gasteiger partial charge in [0.05, 0.1) is 11.9 Å². The second kappa shape index (κ2) is 6.10. The zero-order valence-corrected chi connectivity index (χ0v) is 11.9. The van der Waals surface area contributed by atoms with Gasteiger partial charge in [0.15, 0.2) is 0 Å². The second-order valence-electron chi connectivity index (χ2n) is 5.61. The molecule has 1 aliphatic carbocycles. The number of rotatable bonds is 6. The third kappa shape index (κ3) is 3.70. The van der Waals surface area contributed by atoms with E-state index in [4.69, 9.17) is 5.73 Å². The molecule has 0 saturated heterocycles. The molecule has 0 aliphatic heterocycles. The van der Waals surface area contributed by atoms with E-state index in [-0.39, 0.29) is 11.9 Å². The van der Waals surface area contributed by atoms with Crippen LogP contribution < -0.4 is 11.1 Å². The van der Waals surface area contributed by atoms with Crippen LogP contribution in [0.4, 0.5) is 0 Å². The number of nitrogens with one attached hydrogen (secondary N) is 1. The summed E-state index contributed by atoms with van der Waals surface area (Å²) in [5, 5.41) is 7.21. The number of aromatic nitrogens is 2. The molecule has 3 rings (SSSR count). The standard InChI is InChI=1S/C16H20N4O/c17-15(13-6-7-13)8-16(21)18-9-12-10-19-20(11-12)14-4-2-1-3-5-14/h1-5,10-11,13,15H,6-9,17H2,(H,18,21). The minimum absolute atomic E-state index is 0.0111. The summed E-state index contributed by atoms with van der Waals surface area (Å²) in [5.41, 5.74) is 7.94. The van der Waals surface area contributed by atoms with Gasteiger partial charge in [0.25, 0.3) is 0 Å². The Labute approximate surface area is 124 Å². The smallest absolute Gasteiger partial charge is 0.221 e. The first kappa shape index (κ1) is 13.8. The molecule has 2 aromatic rings. The normalized spacial score (nSPS) is 15.7. The predicted octanol–water partition coefficient (Wildman–Crippen LogP) is 1.62. The van der Waals surface area contributed by atoms with E-state index in [1.54, 1.807) is 10.9 Å². The van der Waals surface area contributed by atoms with Crippen LogP contribution in [-0.2, 0) is 11.3 Å². The fourth-order valence-electron chi connectivity index (χ4n) is 2.35. The maximum atomic E-state index is 11.8. The van der Waals surface area contributed by atoms with Crippen molar-refractivity contribution in [3.8, 4) is 5.69 Å². The van der Waals surface area contributed by atoms with Crippen LogP contribution in [0.3, 0.4) is 0 Å². The Morgan fingerprint density at radius 2 is 2.14 bits per heavy atom. The highest BCUT2D eigenvalue weighted by atomic mass is 16.1. The van der Waals surface area contributed by atoms with Crippen molar-refractivity contribution in [2.75, 3.05) is 0 Å². The van der Waals surface area contributed by atoms with Gasteiger partial charge in [0.2, 0.25) is 5.91 Å². The van der Waals surface area contributed by atoms with Crippen molar-refractivity contribution in [3.05, 3.63) is 48.3 Å². The molecule has 1 fully saturated rings. The molecule has 1 atom stereocenters. The predicted molar refractivity (Wildman–Crippen MR) is 80.7 cm³/mol. The molecule has 1 amide bonds. The minimum atomic E-state index is 0.0111. The SMILES string of the molecule is NC(CC(=O)NCc1cnn(-c2ccccc2)c1)C1CC1. The van der Waals surface area contributed by atoms with Crippen molar-refractivity contribution < 1.29 is 4.79 Å². The fourth-order valence-corrected chi connectivity index (χ4v) is 2.35. The van der Waals surface area contributed by atoms with Gasteiger partial charge in [-0.25, -0.2) is 4.68 Å². The van der Waals surface area contributed by atoms with Crippen LogP contribution in [0.25, 0.3) is 5.69 Å². The molecule has 0 spiro atoms. The molecular weight excluding hydrogens is 264 g/mol. The van der Waals surface area contributed by atoms with Gasteiger partial charge >= 0.3 is 0 Å². The van der Waals surface area contributed by atoms with E-state index in [2.05, 4.69) is 10.4 Å². The van der Waals surface area contributed by atoms with E-state index in [1.807, 2.05) is 36.5 Å². The Balaban J connectivity index is 1.51. The summed E-state index contributed by atoms with van der Waals surface area (Å²) in [6.07, 6.45) is 6.44. The van der Waals surface area contributed by atoms with Crippen LogP contribution in [0.15, 0.2) is 42.7 Å². The van der Waals surface area contributed by atoms with E-state index < -0.39 is 0 Å². The maximum absolute atomic E-state index is 11.8. The molecule has 5 nitrogen and oxygen atoms in total. The minimum Gasteiger partial charge on any atom is -0.352 e. The largest absolute Gasteiger partial charge is 0.352 e. The molecule has 1 aromatic carbocycles. The van der Waals surface area contributed by atoms with E-state index in [0.717, 1.165) is 24.1 Å². The maximum Gasteiger partial charge on any atom is 0.221 e. The van der Waals surface area contributed by atoms with Gasteiger partial charge < -0.3 is 11.1 Å². The van der Waals surface area contributed by atoms with Gasteiger partial charge in [-0.2, -0.15) is 5.10 Å². The molecule has 1 heterocycles. The lowest BCUT2D eigenvalue weighted by molar-refractivity contribution is -0.121. The van der Waals surface area contributed by atoms with Crippen LogP contribution in [0.1, 0.15) is 24.8 Å². The Kier molecular flexibility index (Phi) is 4.01.